The molecule has 1 saturated heterocycles. The van der Waals surface area contributed by atoms with Crippen molar-refractivity contribution in [1.29, 1.82) is 0 Å². The van der Waals surface area contributed by atoms with Gasteiger partial charge in [0.2, 0.25) is 16.0 Å². The number of aromatic amines is 1. The van der Waals surface area contributed by atoms with Gasteiger partial charge >= 0.3 is 0 Å². The monoisotopic (exact) mass is 355 g/mol. The molecule has 11 heteroatoms. The number of H-pyrrole nitrogens is 1. The third-order valence-electron chi connectivity index (χ3n) is 3.43. The summed E-state index contributed by atoms with van der Waals surface area (Å²) >= 11 is 0. The van der Waals surface area contributed by atoms with Gasteiger partial charge < -0.3 is 4.74 Å². The van der Waals surface area contributed by atoms with Crippen molar-refractivity contribution in [3.05, 3.63) is 35.9 Å². The third-order valence-corrected chi connectivity index (χ3v) is 5.34. The lowest BCUT2D eigenvalue weighted by atomic mass is 10.2. The van der Waals surface area contributed by atoms with Crippen molar-refractivity contribution >= 4 is 21.9 Å². The van der Waals surface area contributed by atoms with E-state index >= 15 is 0 Å². The molecular weight excluding hydrogens is 341 g/mol. The number of ether oxygens (including phenoxy) is 1. The van der Waals surface area contributed by atoms with E-state index in [1.54, 1.807) is 0 Å². The molecule has 0 saturated carbocycles. The normalized spacial score (nSPS) is 16.0. The highest BCUT2D eigenvalue weighted by Crippen LogP contribution is 2.22. The van der Waals surface area contributed by atoms with Crippen molar-refractivity contribution in [2.24, 2.45) is 0 Å². The fourth-order valence-electron chi connectivity index (χ4n) is 2.21. The van der Waals surface area contributed by atoms with Crippen LogP contribution in [0.15, 0.2) is 29.4 Å². The number of hydrogen-bond acceptors (Lipinski definition) is 6. The quantitative estimate of drug-likeness (QED) is 0.810. The zero-order valence-electron chi connectivity index (χ0n) is 12.4. The molecule has 9 nitrogen and oxygen atoms in total. The van der Waals surface area contributed by atoms with Gasteiger partial charge in [-0.25, -0.2) is 17.9 Å². The Hall–Kier alpha value is -2.37. The first-order valence-corrected chi connectivity index (χ1v) is 8.46. The highest BCUT2D eigenvalue weighted by Gasteiger charge is 2.29. The SMILES string of the molecule is O=C(Nc1ncn[nH]1)c1ccc(F)c(S(=O)(=O)N2CCOCC2)c1. The number of nitrogens with zero attached hydrogens (tertiary/aromatic N) is 3. The standard InChI is InChI=1S/C13H14FN5O4S/c14-10-2-1-9(12(20)17-13-15-8-16-18-13)7-11(10)24(21,22)19-3-5-23-6-4-19/h1-2,7-8H,3-6H2,(H2,15,16,17,18,20). The molecule has 0 atom stereocenters. The number of anilines is 1. The number of benzene rings is 1. The highest BCUT2D eigenvalue weighted by molar-refractivity contribution is 7.89. The van der Waals surface area contributed by atoms with E-state index < -0.39 is 26.6 Å². The van der Waals surface area contributed by atoms with Gasteiger partial charge in [0.05, 0.1) is 13.2 Å². The first-order valence-electron chi connectivity index (χ1n) is 7.02. The molecule has 1 aromatic carbocycles. The lowest BCUT2D eigenvalue weighted by Crippen LogP contribution is -2.41. The number of hydrogen-bond donors (Lipinski definition) is 2. The lowest BCUT2D eigenvalue weighted by molar-refractivity contribution is 0.0729. The van der Waals surface area contributed by atoms with E-state index in [1.807, 2.05) is 0 Å². The second-order valence-corrected chi connectivity index (χ2v) is 6.86. The van der Waals surface area contributed by atoms with Crippen LogP contribution in [0.25, 0.3) is 0 Å². The summed E-state index contributed by atoms with van der Waals surface area (Å²) in [5.41, 5.74) is -0.0142. The summed E-state index contributed by atoms with van der Waals surface area (Å²) in [7, 11) is -4.05. The molecule has 24 heavy (non-hydrogen) atoms. The van der Waals surface area contributed by atoms with Crippen molar-refractivity contribution < 1.29 is 22.3 Å². The van der Waals surface area contributed by atoms with Gasteiger partial charge in [-0.15, -0.1) is 0 Å². The summed E-state index contributed by atoms with van der Waals surface area (Å²) in [6, 6.07) is 3.15. The van der Waals surface area contributed by atoms with Crippen LogP contribution in [-0.4, -0.2) is 60.1 Å². The van der Waals surface area contributed by atoms with E-state index in [1.165, 1.54) is 12.4 Å². The van der Waals surface area contributed by atoms with Crippen molar-refractivity contribution in [2.45, 2.75) is 4.90 Å². The Morgan fingerprint density at radius 3 is 2.75 bits per heavy atom. The van der Waals surface area contributed by atoms with Crippen LogP contribution in [0.1, 0.15) is 10.4 Å². The maximum absolute atomic E-state index is 14.1. The summed E-state index contributed by atoms with van der Waals surface area (Å²) in [5, 5.41) is 8.41. The van der Waals surface area contributed by atoms with Gasteiger partial charge in [-0.2, -0.15) is 14.4 Å². The van der Waals surface area contributed by atoms with E-state index in [4.69, 9.17) is 4.74 Å². The van der Waals surface area contributed by atoms with Crippen molar-refractivity contribution in [3.63, 3.8) is 0 Å². The molecule has 1 aliphatic rings. The predicted octanol–water partition coefficient (Wildman–Crippen LogP) is 0.217. The smallest absolute Gasteiger partial charge is 0.258 e. The second kappa shape index (κ2) is 6.63. The van der Waals surface area contributed by atoms with E-state index in [9.17, 15) is 17.6 Å². The van der Waals surface area contributed by atoms with E-state index in [0.717, 1.165) is 16.4 Å². The number of carbonyl (C=O) groups is 1. The lowest BCUT2D eigenvalue weighted by Gasteiger charge is -2.26. The number of amides is 1. The Morgan fingerprint density at radius 1 is 1.33 bits per heavy atom. The average Bonchev–Trinajstić information content (AvgIpc) is 3.09. The van der Waals surface area contributed by atoms with E-state index in [0.29, 0.717) is 0 Å². The third kappa shape index (κ3) is 3.27. The molecule has 1 aromatic heterocycles. The maximum Gasteiger partial charge on any atom is 0.258 e. The molecule has 128 valence electrons. The molecule has 0 radical (unpaired) electrons. The van der Waals surface area contributed by atoms with Gasteiger partial charge in [0.15, 0.2) is 0 Å². The number of carbonyl (C=O) groups excluding carboxylic acids is 1. The minimum absolute atomic E-state index is 0.0142. The van der Waals surface area contributed by atoms with Crippen LogP contribution < -0.4 is 5.32 Å². The Bertz CT molecular complexity index is 834. The Labute approximate surface area is 136 Å². The topological polar surface area (TPSA) is 117 Å². The molecule has 1 aliphatic heterocycles. The van der Waals surface area contributed by atoms with Gasteiger partial charge in [0.25, 0.3) is 5.91 Å². The summed E-state index contributed by atoms with van der Waals surface area (Å²) in [6.07, 6.45) is 1.20. The largest absolute Gasteiger partial charge is 0.379 e. The van der Waals surface area contributed by atoms with Crippen LogP contribution in [0.3, 0.4) is 0 Å². The number of halogens is 1. The minimum Gasteiger partial charge on any atom is -0.379 e. The van der Waals surface area contributed by atoms with Gasteiger partial charge in [-0.05, 0) is 18.2 Å². The Kier molecular flexibility index (Phi) is 4.55. The number of nitrogens with one attached hydrogen (secondary N) is 2. The molecule has 3 rings (SSSR count). The first kappa shape index (κ1) is 16.5. The summed E-state index contributed by atoms with van der Waals surface area (Å²) < 4.78 is 45.4. The van der Waals surface area contributed by atoms with Crippen LogP contribution in [-0.2, 0) is 14.8 Å². The first-order chi connectivity index (χ1) is 11.5. The van der Waals surface area contributed by atoms with Gasteiger partial charge in [-0.1, -0.05) is 0 Å². The fraction of sp³-hybridized carbons (Fsp3) is 0.308. The molecule has 2 aromatic rings. The fourth-order valence-corrected chi connectivity index (χ4v) is 3.71. The van der Waals surface area contributed by atoms with Crippen LogP contribution in [0.5, 0.6) is 0 Å². The molecule has 1 amide bonds. The van der Waals surface area contributed by atoms with Gasteiger partial charge in [0.1, 0.15) is 17.0 Å². The van der Waals surface area contributed by atoms with Crippen LogP contribution in [0.2, 0.25) is 0 Å². The van der Waals surface area contributed by atoms with Gasteiger partial charge in [-0.3, -0.25) is 10.1 Å². The van der Waals surface area contributed by atoms with E-state index in [2.05, 4.69) is 20.5 Å². The Balaban J connectivity index is 1.89. The number of morpholine rings is 1. The average molecular weight is 355 g/mol. The zero-order valence-corrected chi connectivity index (χ0v) is 13.2. The van der Waals surface area contributed by atoms with Crippen LogP contribution in [0.4, 0.5) is 10.3 Å². The van der Waals surface area contributed by atoms with Crippen LogP contribution >= 0.6 is 0 Å². The molecule has 0 spiro atoms. The molecular formula is C13H14FN5O4S. The molecule has 0 unspecified atom stereocenters. The molecule has 2 heterocycles. The van der Waals surface area contributed by atoms with Crippen LogP contribution in [0, 0.1) is 5.82 Å². The second-order valence-electron chi connectivity index (χ2n) is 4.95. The van der Waals surface area contributed by atoms with Crippen molar-refractivity contribution in [2.75, 3.05) is 31.6 Å². The molecule has 0 aliphatic carbocycles. The number of sulfonamides is 1. The number of aromatic nitrogens is 3. The van der Waals surface area contributed by atoms with Crippen molar-refractivity contribution in [1.82, 2.24) is 19.5 Å². The summed E-state index contributed by atoms with van der Waals surface area (Å²) in [4.78, 5) is 15.3. The predicted molar refractivity (Wildman–Crippen MR) is 80.3 cm³/mol. The Morgan fingerprint density at radius 2 is 2.08 bits per heavy atom. The zero-order chi connectivity index (χ0) is 17.2. The number of rotatable bonds is 4. The molecule has 2 N–H and O–H groups in total. The molecule has 1 fully saturated rings. The van der Waals surface area contributed by atoms with Gasteiger partial charge in [0, 0.05) is 18.7 Å². The van der Waals surface area contributed by atoms with Crippen molar-refractivity contribution in [3.8, 4) is 0 Å². The minimum atomic E-state index is -4.05. The summed E-state index contributed by atoms with van der Waals surface area (Å²) in [5.74, 6) is -1.45. The highest BCUT2D eigenvalue weighted by atomic mass is 32.2. The van der Waals surface area contributed by atoms with E-state index in [-0.39, 0.29) is 37.8 Å². The maximum atomic E-state index is 14.1. The molecule has 0 bridgehead atoms. The summed E-state index contributed by atoms with van der Waals surface area (Å²) in [6.45, 7) is 0.756.